The summed E-state index contributed by atoms with van der Waals surface area (Å²) >= 11 is 0. The number of nitrogens with zero attached hydrogens (tertiary/aromatic N) is 1. The van der Waals surface area contributed by atoms with Gasteiger partial charge in [0.1, 0.15) is 11.8 Å². The number of aliphatic imine (C=N–C) groups is 1. The third-order valence-corrected chi connectivity index (χ3v) is 3.66. The van der Waals surface area contributed by atoms with Gasteiger partial charge in [-0.3, -0.25) is 0 Å². The predicted octanol–water partition coefficient (Wildman–Crippen LogP) is 2.16. The SMILES string of the molecule is CC(C)(C)OC(=O)[C@@](CCCC(N)OCc1ccccc1)(N=C=O)C(=O)O. The maximum atomic E-state index is 12.4. The molecule has 2 atom stereocenters. The van der Waals surface area contributed by atoms with E-state index in [0.717, 1.165) is 5.56 Å². The van der Waals surface area contributed by atoms with Crippen molar-refractivity contribution < 1.29 is 29.0 Å². The number of nitrogens with two attached hydrogens (primary N) is 1. The molecule has 0 heterocycles. The number of hydrogen-bond acceptors (Lipinski definition) is 7. The first-order valence-corrected chi connectivity index (χ1v) is 8.58. The number of carbonyl (C=O) groups excluding carboxylic acids is 2. The molecule has 1 aromatic carbocycles. The van der Waals surface area contributed by atoms with E-state index in [9.17, 15) is 19.5 Å². The molecule has 8 heteroatoms. The van der Waals surface area contributed by atoms with E-state index >= 15 is 0 Å². The molecule has 0 aromatic heterocycles. The summed E-state index contributed by atoms with van der Waals surface area (Å²) in [6.45, 7) is 5.09. The molecule has 8 nitrogen and oxygen atoms in total. The molecule has 0 fully saturated rings. The zero-order valence-corrected chi connectivity index (χ0v) is 15.8. The maximum Gasteiger partial charge on any atom is 0.347 e. The lowest BCUT2D eigenvalue weighted by Gasteiger charge is -2.27. The van der Waals surface area contributed by atoms with Gasteiger partial charge in [0.2, 0.25) is 6.08 Å². The summed E-state index contributed by atoms with van der Waals surface area (Å²) in [6.07, 6.45) is 0.724. The lowest BCUT2D eigenvalue weighted by Crippen LogP contribution is -2.48. The second kappa shape index (κ2) is 9.97. The third-order valence-electron chi connectivity index (χ3n) is 3.66. The number of ether oxygens (including phenoxy) is 2. The number of esters is 1. The highest BCUT2D eigenvalue weighted by molar-refractivity contribution is 6.05. The molecule has 27 heavy (non-hydrogen) atoms. The highest BCUT2D eigenvalue weighted by Crippen LogP contribution is 2.25. The van der Waals surface area contributed by atoms with E-state index < -0.39 is 29.3 Å². The van der Waals surface area contributed by atoms with Gasteiger partial charge >= 0.3 is 11.9 Å². The maximum absolute atomic E-state index is 12.4. The molecule has 3 N–H and O–H groups in total. The minimum absolute atomic E-state index is 0.187. The summed E-state index contributed by atoms with van der Waals surface area (Å²) in [5, 5.41) is 9.50. The lowest BCUT2D eigenvalue weighted by atomic mass is 9.92. The standard InChI is InChI=1S/C19H26N2O6/c1-18(2,3)27-17(25)19(16(23)24,21-13-22)11-7-10-15(20)26-12-14-8-5-4-6-9-14/h4-6,8-9,15H,7,10-12,20H2,1-3H3,(H,23,24)/t15?,19-/m0/s1. The summed E-state index contributed by atoms with van der Waals surface area (Å²) in [6, 6.07) is 9.43. The predicted molar refractivity (Wildman–Crippen MR) is 97.4 cm³/mol. The Morgan fingerprint density at radius 1 is 1.26 bits per heavy atom. The summed E-state index contributed by atoms with van der Waals surface area (Å²) in [5.74, 6) is -2.68. The average Bonchev–Trinajstić information content (AvgIpc) is 2.58. The normalized spacial score (nSPS) is 14.5. The van der Waals surface area contributed by atoms with Gasteiger partial charge in [-0.25, -0.2) is 14.4 Å². The second-order valence-corrected chi connectivity index (χ2v) is 7.10. The van der Waals surface area contributed by atoms with Crippen LogP contribution in [0.3, 0.4) is 0 Å². The van der Waals surface area contributed by atoms with Crippen LogP contribution in [0.5, 0.6) is 0 Å². The minimum Gasteiger partial charge on any atom is -0.479 e. The molecular formula is C19H26N2O6. The topological polar surface area (TPSA) is 128 Å². The Labute approximate surface area is 158 Å². The Kier molecular flexibility index (Phi) is 8.31. The minimum atomic E-state index is -2.34. The molecule has 0 radical (unpaired) electrons. The number of carbonyl (C=O) groups is 2. The highest BCUT2D eigenvalue weighted by Gasteiger charge is 2.49. The van der Waals surface area contributed by atoms with Crippen molar-refractivity contribution in [2.45, 2.75) is 64.0 Å². The zero-order chi connectivity index (χ0) is 20.5. The second-order valence-electron chi connectivity index (χ2n) is 7.10. The molecule has 0 bridgehead atoms. The van der Waals surface area contributed by atoms with E-state index in [4.69, 9.17) is 15.2 Å². The largest absolute Gasteiger partial charge is 0.479 e. The van der Waals surface area contributed by atoms with Gasteiger partial charge in [0, 0.05) is 0 Å². The van der Waals surface area contributed by atoms with Crippen molar-refractivity contribution in [2.75, 3.05) is 0 Å². The van der Waals surface area contributed by atoms with Crippen molar-refractivity contribution in [3.63, 3.8) is 0 Å². The fourth-order valence-electron chi connectivity index (χ4n) is 2.31. The van der Waals surface area contributed by atoms with Crippen LogP contribution in [0.1, 0.15) is 45.6 Å². The molecule has 0 aliphatic carbocycles. The van der Waals surface area contributed by atoms with Gasteiger partial charge in [0.05, 0.1) is 6.61 Å². The van der Waals surface area contributed by atoms with E-state index in [-0.39, 0.29) is 19.3 Å². The Morgan fingerprint density at radius 2 is 1.89 bits per heavy atom. The van der Waals surface area contributed by atoms with E-state index in [0.29, 0.717) is 6.61 Å². The van der Waals surface area contributed by atoms with Crippen LogP contribution < -0.4 is 5.73 Å². The summed E-state index contributed by atoms with van der Waals surface area (Å²) in [7, 11) is 0. The molecule has 0 aliphatic rings. The highest BCUT2D eigenvalue weighted by atomic mass is 16.6. The quantitative estimate of drug-likeness (QED) is 0.210. The number of carboxylic acid groups (broad SMARTS) is 1. The van der Waals surface area contributed by atoms with E-state index in [2.05, 4.69) is 4.99 Å². The van der Waals surface area contributed by atoms with E-state index in [1.807, 2.05) is 30.3 Å². The lowest BCUT2D eigenvalue weighted by molar-refractivity contribution is -0.169. The van der Waals surface area contributed by atoms with Crippen LogP contribution in [-0.4, -0.2) is 40.5 Å². The number of benzene rings is 1. The van der Waals surface area contributed by atoms with Gasteiger partial charge < -0.3 is 20.3 Å². The number of hydrogen-bond donors (Lipinski definition) is 2. The van der Waals surface area contributed by atoms with Crippen molar-refractivity contribution in [2.24, 2.45) is 10.7 Å². The molecular weight excluding hydrogens is 352 g/mol. The van der Waals surface area contributed by atoms with Crippen molar-refractivity contribution >= 4 is 18.0 Å². The Hall–Kier alpha value is -2.54. The van der Waals surface area contributed by atoms with Crippen molar-refractivity contribution in [1.82, 2.24) is 0 Å². The van der Waals surface area contributed by atoms with Crippen LogP contribution in [0.4, 0.5) is 0 Å². The van der Waals surface area contributed by atoms with Crippen LogP contribution in [0, 0.1) is 0 Å². The number of carboxylic acids is 1. The Bertz CT molecular complexity index is 675. The van der Waals surface area contributed by atoms with E-state index in [1.54, 1.807) is 20.8 Å². The number of rotatable bonds is 10. The number of aliphatic carboxylic acids is 1. The molecule has 0 saturated heterocycles. The first-order valence-electron chi connectivity index (χ1n) is 8.58. The molecule has 148 valence electrons. The summed E-state index contributed by atoms with van der Waals surface area (Å²) < 4.78 is 10.6. The van der Waals surface area contributed by atoms with Crippen LogP contribution in [0.2, 0.25) is 0 Å². The van der Waals surface area contributed by atoms with Crippen molar-refractivity contribution in [1.29, 1.82) is 0 Å². The Morgan fingerprint density at radius 3 is 2.41 bits per heavy atom. The third kappa shape index (κ3) is 7.30. The van der Waals surface area contributed by atoms with Crippen molar-refractivity contribution in [3.05, 3.63) is 35.9 Å². The average molecular weight is 378 g/mol. The summed E-state index contributed by atoms with van der Waals surface area (Å²) in [4.78, 5) is 38.1. The summed E-state index contributed by atoms with van der Waals surface area (Å²) in [5.41, 5.74) is 3.57. The van der Waals surface area contributed by atoms with Gasteiger partial charge in [-0.05, 0) is 45.6 Å². The van der Waals surface area contributed by atoms with Crippen LogP contribution in [0.25, 0.3) is 0 Å². The molecule has 0 aliphatic heterocycles. The van der Waals surface area contributed by atoms with Gasteiger partial charge in [0.25, 0.3) is 5.54 Å². The smallest absolute Gasteiger partial charge is 0.347 e. The van der Waals surface area contributed by atoms with Crippen LogP contribution in [-0.2, 0) is 30.5 Å². The first kappa shape index (κ1) is 22.5. The molecule has 0 amide bonds. The van der Waals surface area contributed by atoms with Gasteiger partial charge in [0.15, 0.2) is 0 Å². The van der Waals surface area contributed by atoms with Crippen LogP contribution in [0.15, 0.2) is 35.3 Å². The fraction of sp³-hybridized carbons (Fsp3) is 0.526. The van der Waals surface area contributed by atoms with Crippen molar-refractivity contribution in [3.8, 4) is 0 Å². The van der Waals surface area contributed by atoms with Gasteiger partial charge in [-0.15, -0.1) is 0 Å². The molecule has 0 spiro atoms. The molecule has 1 rings (SSSR count). The molecule has 1 unspecified atom stereocenters. The Balaban J connectivity index is 2.69. The number of isocyanates is 1. The first-order chi connectivity index (χ1) is 12.6. The zero-order valence-electron chi connectivity index (χ0n) is 15.8. The van der Waals surface area contributed by atoms with Gasteiger partial charge in [-0.2, -0.15) is 4.99 Å². The van der Waals surface area contributed by atoms with Gasteiger partial charge in [-0.1, -0.05) is 30.3 Å². The molecule has 0 saturated carbocycles. The monoisotopic (exact) mass is 378 g/mol. The fourth-order valence-corrected chi connectivity index (χ4v) is 2.31. The van der Waals surface area contributed by atoms with E-state index in [1.165, 1.54) is 6.08 Å². The van der Waals surface area contributed by atoms with Crippen LogP contribution >= 0.6 is 0 Å². The molecule has 1 aromatic rings.